The van der Waals surface area contributed by atoms with Crippen LogP contribution in [0.15, 0.2) is 42.9 Å². The predicted molar refractivity (Wildman–Crippen MR) is 142 cm³/mol. The third kappa shape index (κ3) is 6.55. The lowest BCUT2D eigenvalue weighted by Crippen LogP contribution is -2.39. The minimum atomic E-state index is -1.11. The lowest BCUT2D eigenvalue weighted by atomic mass is 10.1. The van der Waals surface area contributed by atoms with Crippen molar-refractivity contribution in [2.24, 2.45) is 0 Å². The number of amides is 2. The van der Waals surface area contributed by atoms with E-state index in [0.717, 1.165) is 24.9 Å². The molecule has 2 amide bonds. The molecule has 0 bridgehead atoms. The highest BCUT2D eigenvalue weighted by Crippen LogP contribution is 2.33. The van der Waals surface area contributed by atoms with E-state index in [4.69, 9.17) is 10.5 Å². The number of urea groups is 1. The van der Waals surface area contributed by atoms with E-state index >= 15 is 0 Å². The molecule has 3 aromatic rings. The fourth-order valence-corrected chi connectivity index (χ4v) is 4.57. The van der Waals surface area contributed by atoms with Gasteiger partial charge in [-0.15, -0.1) is 0 Å². The van der Waals surface area contributed by atoms with Gasteiger partial charge >= 0.3 is 6.03 Å². The molecule has 0 spiro atoms. The van der Waals surface area contributed by atoms with Crippen molar-refractivity contribution in [1.29, 1.82) is 0 Å². The number of hydrogen-bond acceptors (Lipinski definition) is 8. The Hall–Kier alpha value is -3.25. The van der Waals surface area contributed by atoms with Crippen LogP contribution in [0.25, 0.3) is 11.0 Å². The van der Waals surface area contributed by atoms with Gasteiger partial charge in [-0.3, -0.25) is 0 Å². The average molecular weight is 512 g/mol. The van der Waals surface area contributed by atoms with Crippen LogP contribution in [0.1, 0.15) is 38.0 Å². The van der Waals surface area contributed by atoms with Crippen LogP contribution in [0.5, 0.6) is 0 Å². The van der Waals surface area contributed by atoms with E-state index in [0.29, 0.717) is 42.9 Å². The number of likely N-dealkylation sites (N-methyl/N-ethyl adjacent to an activating group) is 1. The molecule has 1 aliphatic rings. The van der Waals surface area contributed by atoms with E-state index in [1.54, 1.807) is 16.8 Å². The summed E-state index contributed by atoms with van der Waals surface area (Å²) in [5.41, 5.74) is 8.47. The van der Waals surface area contributed by atoms with E-state index in [2.05, 4.69) is 27.5 Å². The molecule has 4 rings (SSSR count). The van der Waals surface area contributed by atoms with E-state index in [9.17, 15) is 15.0 Å². The highest BCUT2D eigenvalue weighted by molar-refractivity contribution is 5.89. The van der Waals surface area contributed by atoms with Crippen molar-refractivity contribution in [3.63, 3.8) is 0 Å². The Kier molecular flexibility index (Phi) is 8.93. The van der Waals surface area contributed by atoms with Crippen molar-refractivity contribution in [3.8, 4) is 0 Å². The van der Waals surface area contributed by atoms with Gasteiger partial charge in [-0.25, -0.2) is 14.8 Å². The first-order valence-corrected chi connectivity index (χ1v) is 12.8. The van der Waals surface area contributed by atoms with Crippen LogP contribution in [0, 0.1) is 0 Å². The summed E-state index contributed by atoms with van der Waals surface area (Å²) < 4.78 is 7.70. The molecule has 1 aromatic carbocycles. The molecule has 200 valence electrons. The molecular formula is C26H37N7O4. The number of ether oxygens (including phenoxy) is 1. The van der Waals surface area contributed by atoms with Crippen molar-refractivity contribution in [2.45, 2.75) is 57.1 Å². The second-order valence-electron chi connectivity index (χ2n) is 9.56. The second-order valence-corrected chi connectivity index (χ2v) is 9.56. The number of aromatic nitrogens is 3. The molecule has 1 fully saturated rings. The average Bonchev–Trinajstić information content (AvgIpc) is 3.43. The van der Waals surface area contributed by atoms with Gasteiger partial charge in [0.2, 0.25) is 0 Å². The van der Waals surface area contributed by atoms with Gasteiger partial charge in [0.1, 0.15) is 36.1 Å². The Morgan fingerprint density at radius 1 is 1.16 bits per heavy atom. The molecule has 1 aliphatic heterocycles. The monoisotopic (exact) mass is 511 g/mol. The summed E-state index contributed by atoms with van der Waals surface area (Å²) in [4.78, 5) is 22.4. The summed E-state index contributed by atoms with van der Waals surface area (Å²) in [6.07, 6.45) is 3.62. The van der Waals surface area contributed by atoms with Crippen molar-refractivity contribution in [1.82, 2.24) is 24.8 Å². The molecule has 11 heteroatoms. The van der Waals surface area contributed by atoms with Gasteiger partial charge in [-0.1, -0.05) is 25.5 Å². The number of unbranched alkanes of at least 4 members (excludes halogenated alkanes) is 1. The number of aliphatic hydroxyl groups excluding tert-OH is 2. The normalized spacial score (nSPS) is 21.5. The zero-order valence-corrected chi connectivity index (χ0v) is 21.4. The third-order valence-electron chi connectivity index (χ3n) is 6.68. The molecule has 2 aromatic heterocycles. The van der Waals surface area contributed by atoms with E-state index in [1.807, 2.05) is 36.2 Å². The van der Waals surface area contributed by atoms with Crippen molar-refractivity contribution in [3.05, 3.63) is 48.4 Å². The zero-order chi connectivity index (χ0) is 26.4. The first-order valence-electron chi connectivity index (χ1n) is 12.8. The van der Waals surface area contributed by atoms with E-state index < -0.39 is 24.5 Å². The molecule has 37 heavy (non-hydrogen) atoms. The topological polar surface area (TPSA) is 151 Å². The highest BCUT2D eigenvalue weighted by atomic mass is 16.6. The summed E-state index contributed by atoms with van der Waals surface area (Å²) in [7, 11) is 1.91. The number of carbonyl (C=O) groups is 1. The summed E-state index contributed by atoms with van der Waals surface area (Å²) in [5, 5.41) is 27.6. The van der Waals surface area contributed by atoms with Crippen LogP contribution < -0.4 is 16.4 Å². The van der Waals surface area contributed by atoms with Crippen molar-refractivity contribution in [2.75, 3.05) is 37.7 Å². The number of benzene rings is 1. The molecule has 0 aliphatic carbocycles. The first-order chi connectivity index (χ1) is 17.9. The van der Waals surface area contributed by atoms with Gasteiger partial charge < -0.3 is 40.8 Å². The maximum Gasteiger partial charge on any atom is 0.319 e. The Bertz CT molecular complexity index is 1170. The molecule has 2 unspecified atom stereocenters. The molecule has 0 radical (unpaired) electrons. The standard InChI is InChI=1S/C26H37N7O4/c1-3-4-6-17-7-9-18(10-8-17)31-26(36)28-12-5-13-32(2)15-20-21(34)22(35)25(37-20)33-14-11-19-23(27)29-16-30-24(19)33/h7-11,14,16,20-22,25,34-35H,3-6,12-13,15H2,1-2H3,(H2,27,29,30)(H2,28,31,36)/t20?,21-,22-,25?/m1/s1. The molecule has 0 saturated carbocycles. The Balaban J connectivity index is 1.19. The summed E-state index contributed by atoms with van der Waals surface area (Å²) >= 11 is 0. The maximum absolute atomic E-state index is 12.2. The number of nitrogens with one attached hydrogen (secondary N) is 2. The lowest BCUT2D eigenvalue weighted by molar-refractivity contribution is -0.0419. The maximum atomic E-state index is 12.2. The van der Waals surface area contributed by atoms with Crippen molar-refractivity contribution < 1.29 is 19.7 Å². The Morgan fingerprint density at radius 3 is 2.70 bits per heavy atom. The van der Waals surface area contributed by atoms with E-state index in [1.165, 1.54) is 11.9 Å². The SMILES string of the molecule is CCCCc1ccc(NC(=O)NCCCN(C)CC2OC(n3ccc4c(N)ncnc43)[C@H](O)[C@@H]2O)cc1. The van der Waals surface area contributed by atoms with Crippen LogP contribution in [0.2, 0.25) is 0 Å². The van der Waals surface area contributed by atoms with Gasteiger partial charge in [0.15, 0.2) is 6.23 Å². The fraction of sp³-hybridized carbons (Fsp3) is 0.500. The number of rotatable bonds is 11. The Morgan fingerprint density at radius 2 is 1.95 bits per heavy atom. The lowest BCUT2D eigenvalue weighted by Gasteiger charge is -2.22. The number of nitrogens with two attached hydrogens (primary N) is 1. The number of nitrogens with zero attached hydrogens (tertiary/aromatic N) is 4. The Labute approximate surface area is 216 Å². The van der Waals surface area contributed by atoms with Gasteiger partial charge in [-0.05, 0) is 56.6 Å². The highest BCUT2D eigenvalue weighted by Gasteiger charge is 2.44. The zero-order valence-electron chi connectivity index (χ0n) is 21.4. The number of aryl methyl sites for hydroxylation is 1. The number of aliphatic hydroxyl groups is 2. The van der Waals surface area contributed by atoms with Gasteiger partial charge in [0.25, 0.3) is 0 Å². The summed E-state index contributed by atoms with van der Waals surface area (Å²) in [6.45, 7) is 3.77. The molecule has 4 atom stereocenters. The predicted octanol–water partition coefficient (Wildman–Crippen LogP) is 2.12. The van der Waals surface area contributed by atoms with Crippen LogP contribution in [-0.4, -0.2) is 80.7 Å². The number of hydrogen-bond donors (Lipinski definition) is 5. The molecule has 3 heterocycles. The smallest absolute Gasteiger partial charge is 0.319 e. The molecule has 1 saturated heterocycles. The largest absolute Gasteiger partial charge is 0.387 e. The van der Waals surface area contributed by atoms with Gasteiger partial charge in [-0.2, -0.15) is 0 Å². The molecular weight excluding hydrogens is 474 g/mol. The van der Waals surface area contributed by atoms with Gasteiger partial charge in [0, 0.05) is 25.0 Å². The van der Waals surface area contributed by atoms with Crippen LogP contribution >= 0.6 is 0 Å². The van der Waals surface area contributed by atoms with Crippen molar-refractivity contribution >= 4 is 28.6 Å². The number of anilines is 2. The number of fused-ring (bicyclic) bond motifs is 1. The quantitative estimate of drug-likeness (QED) is 0.246. The molecule has 6 N–H and O–H groups in total. The molecule has 11 nitrogen and oxygen atoms in total. The second kappa shape index (κ2) is 12.3. The van der Waals surface area contributed by atoms with E-state index in [-0.39, 0.29) is 6.03 Å². The van der Waals surface area contributed by atoms with Crippen LogP contribution in [0.3, 0.4) is 0 Å². The third-order valence-corrected chi connectivity index (χ3v) is 6.68. The van der Waals surface area contributed by atoms with Crippen LogP contribution in [-0.2, 0) is 11.2 Å². The van der Waals surface area contributed by atoms with Gasteiger partial charge in [0.05, 0.1) is 5.39 Å². The summed E-state index contributed by atoms with van der Waals surface area (Å²) in [5.74, 6) is 0.343. The number of carbonyl (C=O) groups excluding carboxylic acids is 1. The minimum absolute atomic E-state index is 0.243. The fourth-order valence-electron chi connectivity index (χ4n) is 4.57. The summed E-state index contributed by atoms with van der Waals surface area (Å²) in [6, 6.07) is 9.45. The number of nitrogen functional groups attached to an aromatic ring is 1. The minimum Gasteiger partial charge on any atom is -0.387 e. The van der Waals surface area contributed by atoms with Crippen LogP contribution in [0.4, 0.5) is 16.3 Å². The first kappa shape index (κ1) is 26.8.